The van der Waals surface area contributed by atoms with Gasteiger partial charge in [0.1, 0.15) is 4.90 Å². The third-order valence-electron chi connectivity index (χ3n) is 4.39. The van der Waals surface area contributed by atoms with Gasteiger partial charge in [0.05, 0.1) is 5.02 Å². The lowest BCUT2D eigenvalue weighted by Gasteiger charge is -2.40. The summed E-state index contributed by atoms with van der Waals surface area (Å²) in [6.45, 7) is 8.05. The van der Waals surface area contributed by atoms with E-state index in [0.717, 1.165) is 6.26 Å². The van der Waals surface area contributed by atoms with Crippen molar-refractivity contribution in [3.8, 4) is 5.75 Å². The Morgan fingerprint density at radius 1 is 1.08 bits per heavy atom. The van der Waals surface area contributed by atoms with Crippen molar-refractivity contribution in [2.75, 3.05) is 12.9 Å². The minimum Gasteiger partial charge on any atom is -0.481 e. The summed E-state index contributed by atoms with van der Waals surface area (Å²) in [6.07, 6.45) is -3.71. The Kier molecular flexibility index (Phi) is 5.63. The van der Waals surface area contributed by atoms with Crippen LogP contribution < -0.4 is 4.74 Å². The molecule has 138 valence electrons. The molecule has 0 bridgehead atoms. The standard InChI is InChI=1S/C16H22ClF3O3S/c1-14(2,3)15(4,5)10-7-8-11(24(6,21)22)13(12(10)17)23-9-16(18,19)20/h7-8H,9H2,1-6H3. The molecule has 1 rings (SSSR count). The van der Waals surface area contributed by atoms with Crippen LogP contribution in [-0.4, -0.2) is 27.5 Å². The first-order chi connectivity index (χ1) is 10.5. The lowest BCUT2D eigenvalue weighted by molar-refractivity contribution is -0.153. The van der Waals surface area contributed by atoms with Gasteiger partial charge in [0, 0.05) is 6.26 Å². The van der Waals surface area contributed by atoms with E-state index in [9.17, 15) is 21.6 Å². The van der Waals surface area contributed by atoms with Crippen LogP contribution in [0.1, 0.15) is 40.2 Å². The van der Waals surface area contributed by atoms with Gasteiger partial charge in [-0.25, -0.2) is 8.42 Å². The summed E-state index contributed by atoms with van der Waals surface area (Å²) >= 11 is 6.28. The Labute approximate surface area is 146 Å². The summed E-state index contributed by atoms with van der Waals surface area (Å²) in [5, 5.41) is -0.109. The predicted molar refractivity (Wildman–Crippen MR) is 88.6 cm³/mol. The molecule has 0 unspecified atom stereocenters. The molecule has 24 heavy (non-hydrogen) atoms. The smallest absolute Gasteiger partial charge is 0.422 e. The normalized spacial score (nSPS) is 13.9. The Bertz CT molecular complexity index is 717. The molecule has 0 fully saturated rings. The summed E-state index contributed by atoms with van der Waals surface area (Å²) in [5.74, 6) is -0.452. The van der Waals surface area contributed by atoms with Crippen molar-refractivity contribution >= 4 is 21.4 Å². The number of ether oxygens (including phenoxy) is 1. The van der Waals surface area contributed by atoms with Gasteiger partial charge in [0.25, 0.3) is 0 Å². The van der Waals surface area contributed by atoms with Gasteiger partial charge in [0.15, 0.2) is 22.2 Å². The summed E-state index contributed by atoms with van der Waals surface area (Å²) < 4.78 is 66.0. The van der Waals surface area contributed by atoms with Crippen LogP contribution in [0, 0.1) is 5.41 Å². The molecule has 0 atom stereocenters. The Balaban J connectivity index is 3.60. The highest BCUT2D eigenvalue weighted by molar-refractivity contribution is 7.90. The van der Waals surface area contributed by atoms with Crippen molar-refractivity contribution in [2.45, 2.75) is 51.1 Å². The van der Waals surface area contributed by atoms with Gasteiger partial charge >= 0.3 is 6.18 Å². The molecule has 0 aliphatic heterocycles. The van der Waals surface area contributed by atoms with Crippen molar-refractivity contribution in [3.05, 3.63) is 22.7 Å². The summed E-state index contributed by atoms with van der Waals surface area (Å²) in [5.41, 5.74) is -0.276. The zero-order valence-electron chi connectivity index (χ0n) is 14.5. The number of hydrogen-bond acceptors (Lipinski definition) is 3. The number of benzene rings is 1. The largest absolute Gasteiger partial charge is 0.481 e. The lowest BCUT2D eigenvalue weighted by atomic mass is 9.65. The van der Waals surface area contributed by atoms with Crippen molar-refractivity contribution in [1.82, 2.24) is 0 Å². The Morgan fingerprint density at radius 2 is 1.58 bits per heavy atom. The average molecular weight is 387 g/mol. The Hall–Kier alpha value is -0.950. The van der Waals surface area contributed by atoms with E-state index in [0.29, 0.717) is 5.56 Å². The van der Waals surface area contributed by atoms with Crippen LogP contribution in [0.2, 0.25) is 5.02 Å². The van der Waals surface area contributed by atoms with E-state index in [1.807, 2.05) is 34.6 Å². The fraction of sp³-hybridized carbons (Fsp3) is 0.625. The minimum atomic E-state index is -4.60. The predicted octanol–water partition coefficient (Wildman–Crippen LogP) is 5.01. The lowest BCUT2D eigenvalue weighted by Crippen LogP contribution is -2.34. The number of rotatable bonds is 4. The molecular formula is C16H22ClF3O3S. The summed E-state index contributed by atoms with van der Waals surface area (Å²) in [7, 11) is -3.80. The zero-order chi connectivity index (χ0) is 19.1. The number of hydrogen-bond donors (Lipinski definition) is 0. The molecule has 1 aromatic rings. The van der Waals surface area contributed by atoms with Crippen LogP contribution in [-0.2, 0) is 15.3 Å². The van der Waals surface area contributed by atoms with Gasteiger partial charge < -0.3 is 4.74 Å². The van der Waals surface area contributed by atoms with Gasteiger partial charge in [0.2, 0.25) is 0 Å². The van der Waals surface area contributed by atoms with Crippen LogP contribution in [0.4, 0.5) is 13.2 Å². The third kappa shape index (κ3) is 4.57. The number of sulfone groups is 1. The third-order valence-corrected chi connectivity index (χ3v) is 5.88. The first kappa shape index (κ1) is 21.1. The monoisotopic (exact) mass is 386 g/mol. The molecule has 1 aromatic carbocycles. The topological polar surface area (TPSA) is 43.4 Å². The molecule has 0 aromatic heterocycles. The second-order valence-corrected chi connectivity index (χ2v) is 9.67. The van der Waals surface area contributed by atoms with Crippen molar-refractivity contribution in [1.29, 1.82) is 0 Å². The highest BCUT2D eigenvalue weighted by atomic mass is 35.5. The summed E-state index contributed by atoms with van der Waals surface area (Å²) in [6, 6.07) is 2.78. The van der Waals surface area contributed by atoms with Crippen LogP contribution in [0.3, 0.4) is 0 Å². The molecule has 0 N–H and O–H groups in total. The highest BCUT2D eigenvalue weighted by Gasteiger charge is 2.38. The molecule has 0 radical (unpaired) electrons. The van der Waals surface area contributed by atoms with Gasteiger partial charge in [-0.1, -0.05) is 52.3 Å². The van der Waals surface area contributed by atoms with Crippen molar-refractivity contribution < 1.29 is 26.3 Å². The number of alkyl halides is 3. The molecule has 0 saturated heterocycles. The Morgan fingerprint density at radius 3 is 1.96 bits per heavy atom. The molecular weight excluding hydrogens is 365 g/mol. The van der Waals surface area contributed by atoms with E-state index in [1.54, 1.807) is 0 Å². The van der Waals surface area contributed by atoms with Gasteiger partial charge in [-0.2, -0.15) is 13.2 Å². The molecule has 0 saturated carbocycles. The van der Waals surface area contributed by atoms with Crippen LogP contribution in [0.25, 0.3) is 0 Å². The molecule has 0 spiro atoms. The zero-order valence-corrected chi connectivity index (χ0v) is 16.1. The van der Waals surface area contributed by atoms with Gasteiger partial charge in [-0.15, -0.1) is 0 Å². The highest BCUT2D eigenvalue weighted by Crippen LogP contribution is 2.47. The molecule has 3 nitrogen and oxygen atoms in total. The van der Waals surface area contributed by atoms with Gasteiger partial charge in [-0.3, -0.25) is 0 Å². The SMILES string of the molecule is CC(C)(C)C(C)(C)c1ccc(S(C)(=O)=O)c(OCC(F)(F)F)c1Cl. The fourth-order valence-electron chi connectivity index (χ4n) is 2.01. The van der Waals surface area contributed by atoms with Gasteiger partial charge in [-0.05, 0) is 22.5 Å². The fourth-order valence-corrected chi connectivity index (χ4v) is 3.33. The van der Waals surface area contributed by atoms with E-state index in [2.05, 4.69) is 0 Å². The second kappa shape index (κ2) is 6.41. The average Bonchev–Trinajstić information content (AvgIpc) is 2.32. The molecule has 0 aliphatic carbocycles. The van der Waals surface area contributed by atoms with Crippen LogP contribution >= 0.6 is 11.6 Å². The maximum absolute atomic E-state index is 12.5. The van der Waals surface area contributed by atoms with Crippen LogP contribution in [0.15, 0.2) is 17.0 Å². The molecule has 8 heteroatoms. The minimum absolute atomic E-state index is 0.109. The molecule has 0 amide bonds. The van der Waals surface area contributed by atoms with E-state index in [4.69, 9.17) is 16.3 Å². The second-order valence-electron chi connectivity index (χ2n) is 7.31. The maximum atomic E-state index is 12.5. The molecule has 0 aliphatic rings. The van der Waals surface area contributed by atoms with E-state index in [-0.39, 0.29) is 15.3 Å². The van der Waals surface area contributed by atoms with E-state index < -0.39 is 33.8 Å². The van der Waals surface area contributed by atoms with Crippen LogP contribution in [0.5, 0.6) is 5.75 Å². The summed E-state index contributed by atoms with van der Waals surface area (Å²) in [4.78, 5) is -0.356. The first-order valence-corrected chi connectivity index (χ1v) is 9.48. The van der Waals surface area contributed by atoms with Crippen molar-refractivity contribution in [2.24, 2.45) is 5.41 Å². The first-order valence-electron chi connectivity index (χ1n) is 7.21. The van der Waals surface area contributed by atoms with Crippen molar-refractivity contribution in [3.63, 3.8) is 0 Å². The van der Waals surface area contributed by atoms with E-state index >= 15 is 0 Å². The van der Waals surface area contributed by atoms with E-state index in [1.165, 1.54) is 12.1 Å². The molecule has 0 heterocycles. The maximum Gasteiger partial charge on any atom is 0.422 e. The number of halogens is 4. The quantitative estimate of drug-likeness (QED) is 0.730.